The van der Waals surface area contributed by atoms with Crippen molar-refractivity contribution in [3.63, 3.8) is 0 Å². The van der Waals surface area contributed by atoms with Gasteiger partial charge < -0.3 is 14.8 Å². The van der Waals surface area contributed by atoms with E-state index in [9.17, 15) is 0 Å². The Hall–Kier alpha value is -1.97. The Kier molecular flexibility index (Phi) is 3.38. The van der Waals surface area contributed by atoms with Gasteiger partial charge in [0.05, 0.1) is 5.52 Å². The van der Waals surface area contributed by atoms with Gasteiger partial charge in [0, 0.05) is 18.0 Å². The second-order valence-electron chi connectivity index (χ2n) is 5.30. The predicted octanol–water partition coefficient (Wildman–Crippen LogP) is 3.56. The van der Waals surface area contributed by atoms with Gasteiger partial charge in [0.1, 0.15) is 19.0 Å². The molecule has 2 aromatic rings. The minimum Gasteiger partial charge on any atom is -0.486 e. The van der Waals surface area contributed by atoms with Gasteiger partial charge in [-0.2, -0.15) is 0 Å². The third-order valence-corrected chi connectivity index (χ3v) is 3.47. The molecule has 0 unspecified atom stereocenters. The third kappa shape index (κ3) is 2.26. The van der Waals surface area contributed by atoms with Crippen molar-refractivity contribution in [3.8, 4) is 11.5 Å². The number of pyridine rings is 1. The van der Waals surface area contributed by atoms with E-state index in [1.165, 1.54) is 5.56 Å². The van der Waals surface area contributed by atoms with Crippen molar-refractivity contribution in [1.82, 2.24) is 4.98 Å². The molecule has 1 N–H and O–H groups in total. The first-order valence-electron chi connectivity index (χ1n) is 7.17. The fourth-order valence-corrected chi connectivity index (χ4v) is 2.48. The lowest BCUT2D eigenvalue weighted by Crippen LogP contribution is -2.15. The van der Waals surface area contributed by atoms with Gasteiger partial charge in [0.2, 0.25) is 0 Å². The highest BCUT2D eigenvalue weighted by Crippen LogP contribution is 2.36. The lowest BCUT2D eigenvalue weighted by Gasteiger charge is -2.20. The van der Waals surface area contributed by atoms with Gasteiger partial charge in [-0.3, -0.25) is 0 Å². The number of anilines is 1. The summed E-state index contributed by atoms with van der Waals surface area (Å²) in [6.07, 6.45) is 0. The highest BCUT2D eigenvalue weighted by molar-refractivity contribution is 5.85. The minimum absolute atomic E-state index is 0.425. The molecule has 0 saturated heterocycles. The zero-order valence-electron chi connectivity index (χ0n) is 12.2. The standard InChI is InChI=1S/C16H20N2O2/c1-4-17-16-12(10(2)3)7-11-8-14-15(9-13(11)18-16)20-6-5-19-14/h7-10H,4-6H2,1-3H3,(H,17,18). The summed E-state index contributed by atoms with van der Waals surface area (Å²) in [7, 11) is 0. The zero-order valence-corrected chi connectivity index (χ0v) is 12.2. The lowest BCUT2D eigenvalue weighted by molar-refractivity contribution is 0.172. The van der Waals surface area contributed by atoms with Crippen molar-refractivity contribution < 1.29 is 9.47 Å². The molecule has 1 aliphatic rings. The minimum atomic E-state index is 0.425. The lowest BCUT2D eigenvalue weighted by atomic mass is 10.0. The Bertz CT molecular complexity index is 638. The quantitative estimate of drug-likeness (QED) is 0.927. The Morgan fingerprint density at radius 3 is 2.50 bits per heavy atom. The maximum Gasteiger partial charge on any atom is 0.163 e. The second kappa shape index (κ2) is 5.19. The van der Waals surface area contributed by atoms with Gasteiger partial charge in [-0.1, -0.05) is 13.8 Å². The van der Waals surface area contributed by atoms with Crippen molar-refractivity contribution >= 4 is 16.7 Å². The molecule has 1 aromatic heterocycles. The molecule has 1 aliphatic heterocycles. The molecule has 0 radical (unpaired) electrons. The van der Waals surface area contributed by atoms with E-state index in [0.717, 1.165) is 34.8 Å². The molecule has 20 heavy (non-hydrogen) atoms. The summed E-state index contributed by atoms with van der Waals surface area (Å²) in [6, 6.07) is 6.19. The first kappa shape index (κ1) is 13.0. The number of aromatic nitrogens is 1. The molecular weight excluding hydrogens is 252 g/mol. The van der Waals surface area contributed by atoms with E-state index in [2.05, 4.69) is 32.2 Å². The van der Waals surface area contributed by atoms with Crippen molar-refractivity contribution in [3.05, 3.63) is 23.8 Å². The summed E-state index contributed by atoms with van der Waals surface area (Å²) in [5.74, 6) is 2.99. The molecule has 1 aromatic carbocycles. The number of nitrogens with one attached hydrogen (secondary N) is 1. The fourth-order valence-electron chi connectivity index (χ4n) is 2.48. The van der Waals surface area contributed by atoms with E-state index in [0.29, 0.717) is 19.1 Å². The van der Waals surface area contributed by atoms with Gasteiger partial charge in [0.25, 0.3) is 0 Å². The molecule has 0 fully saturated rings. The van der Waals surface area contributed by atoms with Crippen LogP contribution in [0.2, 0.25) is 0 Å². The first-order chi connectivity index (χ1) is 9.69. The van der Waals surface area contributed by atoms with Crippen LogP contribution in [0.4, 0.5) is 5.82 Å². The largest absolute Gasteiger partial charge is 0.486 e. The highest BCUT2D eigenvalue weighted by Gasteiger charge is 2.16. The molecule has 0 bridgehead atoms. The Balaban J connectivity index is 2.17. The van der Waals surface area contributed by atoms with E-state index in [1.807, 2.05) is 12.1 Å². The smallest absolute Gasteiger partial charge is 0.163 e. The van der Waals surface area contributed by atoms with Crippen molar-refractivity contribution in [2.45, 2.75) is 26.7 Å². The van der Waals surface area contributed by atoms with Gasteiger partial charge in [-0.05, 0) is 30.5 Å². The third-order valence-electron chi connectivity index (χ3n) is 3.47. The van der Waals surface area contributed by atoms with E-state index in [-0.39, 0.29) is 0 Å². The highest BCUT2D eigenvalue weighted by atomic mass is 16.6. The number of rotatable bonds is 3. The van der Waals surface area contributed by atoms with Crippen LogP contribution in [0, 0.1) is 0 Å². The summed E-state index contributed by atoms with van der Waals surface area (Å²) in [5, 5.41) is 4.44. The first-order valence-corrected chi connectivity index (χ1v) is 7.17. The molecule has 3 rings (SSSR count). The number of ether oxygens (including phenoxy) is 2. The summed E-state index contributed by atoms with van der Waals surface area (Å²) >= 11 is 0. The monoisotopic (exact) mass is 272 g/mol. The average Bonchev–Trinajstić information content (AvgIpc) is 2.44. The summed E-state index contributed by atoms with van der Waals surface area (Å²) in [4.78, 5) is 4.75. The van der Waals surface area contributed by atoms with Crippen LogP contribution in [-0.4, -0.2) is 24.7 Å². The maximum atomic E-state index is 5.64. The summed E-state index contributed by atoms with van der Waals surface area (Å²) < 4.78 is 11.3. The van der Waals surface area contributed by atoms with Crippen LogP contribution >= 0.6 is 0 Å². The molecule has 4 nitrogen and oxygen atoms in total. The van der Waals surface area contributed by atoms with Gasteiger partial charge in [0.15, 0.2) is 11.5 Å². The van der Waals surface area contributed by atoms with E-state index in [1.54, 1.807) is 0 Å². The molecule has 0 saturated carbocycles. The number of hydrogen-bond donors (Lipinski definition) is 1. The Morgan fingerprint density at radius 1 is 1.15 bits per heavy atom. The average molecular weight is 272 g/mol. The second-order valence-corrected chi connectivity index (χ2v) is 5.30. The summed E-state index contributed by atoms with van der Waals surface area (Å²) in [6.45, 7) is 8.52. The topological polar surface area (TPSA) is 43.4 Å². The zero-order chi connectivity index (χ0) is 14.1. The number of fused-ring (bicyclic) bond motifs is 2. The van der Waals surface area contributed by atoms with Crippen LogP contribution in [0.3, 0.4) is 0 Å². The Morgan fingerprint density at radius 2 is 1.85 bits per heavy atom. The molecule has 0 spiro atoms. The van der Waals surface area contributed by atoms with Crippen molar-refractivity contribution in [2.75, 3.05) is 25.1 Å². The molecular formula is C16H20N2O2. The van der Waals surface area contributed by atoms with E-state index < -0.39 is 0 Å². The van der Waals surface area contributed by atoms with Gasteiger partial charge in [-0.25, -0.2) is 4.98 Å². The number of benzene rings is 1. The van der Waals surface area contributed by atoms with Gasteiger partial charge in [-0.15, -0.1) is 0 Å². The van der Waals surface area contributed by atoms with E-state index in [4.69, 9.17) is 14.5 Å². The van der Waals surface area contributed by atoms with Gasteiger partial charge >= 0.3 is 0 Å². The SMILES string of the molecule is CCNc1nc2cc3c(cc2cc1C(C)C)OCCO3. The van der Waals surface area contributed by atoms with Crippen LogP contribution in [0.5, 0.6) is 11.5 Å². The number of nitrogens with zero attached hydrogens (tertiary/aromatic N) is 1. The van der Waals surface area contributed by atoms with Crippen LogP contribution < -0.4 is 14.8 Å². The van der Waals surface area contributed by atoms with Crippen LogP contribution in [0.25, 0.3) is 10.9 Å². The van der Waals surface area contributed by atoms with Crippen LogP contribution in [0.15, 0.2) is 18.2 Å². The molecule has 0 atom stereocenters. The molecule has 2 heterocycles. The Labute approximate surface area is 119 Å². The summed E-state index contributed by atoms with van der Waals surface area (Å²) in [5.41, 5.74) is 2.17. The molecule has 0 aliphatic carbocycles. The fraction of sp³-hybridized carbons (Fsp3) is 0.438. The molecule has 106 valence electrons. The van der Waals surface area contributed by atoms with E-state index >= 15 is 0 Å². The van der Waals surface area contributed by atoms with Crippen molar-refractivity contribution in [1.29, 1.82) is 0 Å². The van der Waals surface area contributed by atoms with Crippen LogP contribution in [0.1, 0.15) is 32.3 Å². The van der Waals surface area contributed by atoms with Crippen molar-refractivity contribution in [2.24, 2.45) is 0 Å². The normalized spacial score (nSPS) is 13.8. The van der Waals surface area contributed by atoms with Crippen LogP contribution in [-0.2, 0) is 0 Å². The molecule has 4 heteroatoms. The molecule has 0 amide bonds. The number of hydrogen-bond acceptors (Lipinski definition) is 4. The maximum absolute atomic E-state index is 5.64. The predicted molar refractivity (Wildman–Crippen MR) is 81.0 cm³/mol.